The predicted molar refractivity (Wildman–Crippen MR) is 99.1 cm³/mol. The summed E-state index contributed by atoms with van der Waals surface area (Å²) in [4.78, 5) is 15.0. The average Bonchev–Trinajstić information content (AvgIpc) is 2.96. The molecule has 4 saturated heterocycles. The Morgan fingerprint density at radius 1 is 1.16 bits per heavy atom. The Morgan fingerprint density at radius 3 is 2.88 bits per heavy atom. The van der Waals surface area contributed by atoms with Crippen LogP contribution in [-0.4, -0.2) is 36.6 Å². The van der Waals surface area contributed by atoms with Crippen molar-refractivity contribution in [3.8, 4) is 0 Å². The predicted octanol–water partition coefficient (Wildman–Crippen LogP) is 3.88. The lowest BCUT2D eigenvalue weighted by Gasteiger charge is -2.50. The molecular weight excluding hydrogens is 310 g/mol. The van der Waals surface area contributed by atoms with Gasteiger partial charge in [0.05, 0.1) is 13.0 Å². The maximum absolute atomic E-state index is 12.5. The first-order valence-corrected chi connectivity index (χ1v) is 9.28. The van der Waals surface area contributed by atoms with E-state index in [1.807, 2.05) is 0 Å². The molecule has 3 heteroatoms. The largest absolute Gasteiger partial charge is 0.469 e. The van der Waals surface area contributed by atoms with Crippen LogP contribution in [-0.2, 0) is 9.53 Å². The summed E-state index contributed by atoms with van der Waals surface area (Å²) in [6.07, 6.45) is 5.82. The Morgan fingerprint density at radius 2 is 2.00 bits per heavy atom. The molecule has 0 aromatic heterocycles. The summed E-state index contributed by atoms with van der Waals surface area (Å²) in [6.45, 7) is 1.01. The molecular formula is C22H23NO2. The summed E-state index contributed by atoms with van der Waals surface area (Å²) < 4.78 is 5.17. The van der Waals surface area contributed by atoms with Gasteiger partial charge in [0, 0.05) is 18.6 Å². The molecule has 0 N–H and O–H groups in total. The molecule has 4 aliphatic rings. The van der Waals surface area contributed by atoms with Crippen molar-refractivity contribution in [2.45, 2.75) is 31.3 Å². The quantitative estimate of drug-likeness (QED) is 0.781. The molecule has 4 heterocycles. The SMILES string of the molecule is COC(=O)[C@H]1C2CC3CCC1N3C/C2=C/c1cccc2ccccc12. The van der Waals surface area contributed by atoms with E-state index < -0.39 is 0 Å². The monoisotopic (exact) mass is 333 g/mol. The molecule has 3 nitrogen and oxygen atoms in total. The number of carbonyl (C=O) groups is 1. The number of carbonyl (C=O) groups excluding carboxylic acids is 1. The molecule has 5 atom stereocenters. The van der Waals surface area contributed by atoms with Crippen molar-refractivity contribution in [3.63, 3.8) is 0 Å². The van der Waals surface area contributed by atoms with Gasteiger partial charge >= 0.3 is 5.97 Å². The van der Waals surface area contributed by atoms with Crippen molar-refractivity contribution >= 4 is 22.8 Å². The maximum Gasteiger partial charge on any atom is 0.310 e. The minimum absolute atomic E-state index is 0.0127. The lowest BCUT2D eigenvalue weighted by Crippen LogP contribution is -2.58. The Bertz CT molecular complexity index is 866. The molecule has 128 valence electrons. The molecule has 2 aromatic rings. The van der Waals surface area contributed by atoms with Gasteiger partial charge in [0.2, 0.25) is 0 Å². The van der Waals surface area contributed by atoms with E-state index in [1.165, 1.54) is 35.4 Å². The van der Waals surface area contributed by atoms with Gasteiger partial charge in [0.15, 0.2) is 0 Å². The van der Waals surface area contributed by atoms with Gasteiger partial charge in [-0.3, -0.25) is 9.69 Å². The highest BCUT2D eigenvalue weighted by molar-refractivity contribution is 5.91. The molecule has 25 heavy (non-hydrogen) atoms. The average molecular weight is 333 g/mol. The van der Waals surface area contributed by atoms with Crippen molar-refractivity contribution in [2.24, 2.45) is 11.8 Å². The highest BCUT2D eigenvalue weighted by atomic mass is 16.5. The summed E-state index contributed by atoms with van der Waals surface area (Å²) in [5.41, 5.74) is 2.67. The molecule has 4 fully saturated rings. The molecule has 4 bridgehead atoms. The van der Waals surface area contributed by atoms with Gasteiger partial charge < -0.3 is 4.74 Å². The Hall–Kier alpha value is -2.13. The lowest BCUT2D eigenvalue weighted by molar-refractivity contribution is -0.153. The van der Waals surface area contributed by atoms with Gasteiger partial charge in [-0.25, -0.2) is 0 Å². The molecule has 4 aliphatic heterocycles. The second kappa shape index (κ2) is 5.70. The number of benzene rings is 2. The standard InChI is InChI=1S/C22H23NO2/c1-25-22(24)21-19-12-17-9-10-20(21)23(17)13-16(19)11-15-7-4-6-14-5-2-3-8-18(14)15/h2-8,11,17,19-21H,9-10,12-13H2,1H3/b16-11-/t17?,19?,20?,21-/m0/s1. The third kappa shape index (κ3) is 2.26. The Labute approximate surface area is 148 Å². The van der Waals surface area contributed by atoms with Crippen molar-refractivity contribution < 1.29 is 9.53 Å². The van der Waals surface area contributed by atoms with Crippen molar-refractivity contribution in [1.29, 1.82) is 0 Å². The molecule has 4 unspecified atom stereocenters. The molecule has 0 amide bonds. The normalized spacial score (nSPS) is 34.6. The maximum atomic E-state index is 12.5. The van der Waals surface area contributed by atoms with Crippen LogP contribution in [0.15, 0.2) is 48.0 Å². The van der Waals surface area contributed by atoms with Crippen LogP contribution in [0.25, 0.3) is 16.8 Å². The zero-order valence-electron chi connectivity index (χ0n) is 14.5. The summed E-state index contributed by atoms with van der Waals surface area (Å²) in [5.74, 6) is 0.330. The minimum Gasteiger partial charge on any atom is -0.469 e. The van der Waals surface area contributed by atoms with Gasteiger partial charge in [0.25, 0.3) is 0 Å². The summed E-state index contributed by atoms with van der Waals surface area (Å²) >= 11 is 0. The Kier molecular flexibility index (Phi) is 3.46. The van der Waals surface area contributed by atoms with Crippen LogP contribution in [0.4, 0.5) is 0 Å². The third-order valence-corrected chi connectivity index (χ3v) is 6.54. The van der Waals surface area contributed by atoms with Gasteiger partial charge in [-0.1, -0.05) is 54.1 Å². The summed E-state index contributed by atoms with van der Waals surface area (Å²) in [6, 6.07) is 16.0. The molecule has 0 radical (unpaired) electrons. The van der Waals surface area contributed by atoms with E-state index in [4.69, 9.17) is 4.74 Å². The number of esters is 1. The number of ether oxygens (including phenoxy) is 1. The number of methoxy groups -OCH3 is 1. The highest BCUT2D eigenvalue weighted by Crippen LogP contribution is 2.51. The van der Waals surface area contributed by atoms with Crippen LogP contribution >= 0.6 is 0 Å². The van der Waals surface area contributed by atoms with E-state index in [0.717, 1.165) is 19.4 Å². The Balaban J connectivity index is 1.58. The smallest absolute Gasteiger partial charge is 0.310 e. The van der Waals surface area contributed by atoms with Crippen LogP contribution in [0.5, 0.6) is 0 Å². The molecule has 0 saturated carbocycles. The first-order valence-electron chi connectivity index (χ1n) is 9.28. The van der Waals surface area contributed by atoms with E-state index in [-0.39, 0.29) is 11.9 Å². The van der Waals surface area contributed by atoms with E-state index >= 15 is 0 Å². The number of rotatable bonds is 2. The fourth-order valence-electron chi connectivity index (χ4n) is 5.46. The van der Waals surface area contributed by atoms with Crippen molar-refractivity contribution in [2.75, 3.05) is 13.7 Å². The van der Waals surface area contributed by atoms with E-state index in [1.54, 1.807) is 0 Å². The van der Waals surface area contributed by atoms with Gasteiger partial charge in [0.1, 0.15) is 0 Å². The third-order valence-electron chi connectivity index (χ3n) is 6.54. The van der Waals surface area contributed by atoms with E-state index in [0.29, 0.717) is 18.0 Å². The fourth-order valence-corrected chi connectivity index (χ4v) is 5.46. The molecule has 0 spiro atoms. The number of hydrogen-bond donors (Lipinski definition) is 0. The number of piperidine rings is 3. The van der Waals surface area contributed by atoms with Gasteiger partial charge in [-0.2, -0.15) is 0 Å². The first kappa shape index (κ1) is 15.2. The van der Waals surface area contributed by atoms with Crippen molar-refractivity contribution in [1.82, 2.24) is 4.90 Å². The second-order valence-corrected chi connectivity index (χ2v) is 7.65. The van der Waals surface area contributed by atoms with Crippen LogP contribution < -0.4 is 0 Å². The topological polar surface area (TPSA) is 29.5 Å². The highest BCUT2D eigenvalue weighted by Gasteiger charge is 2.55. The van der Waals surface area contributed by atoms with Crippen LogP contribution in [0.1, 0.15) is 24.8 Å². The fraction of sp³-hybridized carbons (Fsp3) is 0.409. The van der Waals surface area contributed by atoms with E-state index in [2.05, 4.69) is 53.4 Å². The number of fused-ring (bicyclic) bond motifs is 2. The van der Waals surface area contributed by atoms with Gasteiger partial charge in [-0.05, 0) is 41.5 Å². The second-order valence-electron chi connectivity index (χ2n) is 7.65. The first-order chi connectivity index (χ1) is 12.3. The van der Waals surface area contributed by atoms with Crippen LogP contribution in [0, 0.1) is 11.8 Å². The molecule has 2 aromatic carbocycles. The van der Waals surface area contributed by atoms with E-state index in [9.17, 15) is 4.79 Å². The molecule has 6 rings (SSSR count). The van der Waals surface area contributed by atoms with Crippen LogP contribution in [0.2, 0.25) is 0 Å². The lowest BCUT2D eigenvalue weighted by atomic mass is 9.71. The summed E-state index contributed by atoms with van der Waals surface area (Å²) in [7, 11) is 1.53. The van der Waals surface area contributed by atoms with Crippen molar-refractivity contribution in [3.05, 3.63) is 53.6 Å². The zero-order chi connectivity index (χ0) is 17.0. The van der Waals surface area contributed by atoms with Gasteiger partial charge in [-0.15, -0.1) is 0 Å². The minimum atomic E-state index is -0.0242. The van der Waals surface area contributed by atoms with Crippen LogP contribution in [0.3, 0.4) is 0 Å². The number of hydrogen-bond acceptors (Lipinski definition) is 3. The molecule has 0 aliphatic carbocycles. The zero-order valence-corrected chi connectivity index (χ0v) is 14.5. The summed E-state index contributed by atoms with van der Waals surface area (Å²) in [5, 5.41) is 2.55. The number of nitrogens with zero attached hydrogens (tertiary/aromatic N) is 1.